The Morgan fingerprint density at radius 2 is 1.74 bits per heavy atom. The van der Waals surface area contributed by atoms with Crippen LogP contribution in [-0.2, 0) is 23.9 Å². The molecule has 4 rings (SSSR count). The molecular weight excluding hydrogens is 456 g/mol. The zero-order valence-corrected chi connectivity index (χ0v) is 19.7. The van der Waals surface area contributed by atoms with Gasteiger partial charge in [-0.15, -0.1) is 11.8 Å². The van der Waals surface area contributed by atoms with E-state index in [2.05, 4.69) is 10.6 Å². The maximum Gasteiger partial charge on any atom is 0.303 e. The number of carbonyl (C=O) groups is 4. The number of hydrogen-bond acceptors (Lipinski definition) is 6. The lowest BCUT2D eigenvalue weighted by Gasteiger charge is -2.27. The van der Waals surface area contributed by atoms with E-state index in [-0.39, 0.29) is 72.2 Å². The van der Waals surface area contributed by atoms with Gasteiger partial charge in [-0.2, -0.15) is 0 Å². The summed E-state index contributed by atoms with van der Waals surface area (Å²) < 4.78 is 5.71. The van der Waals surface area contributed by atoms with Crippen LogP contribution in [0.3, 0.4) is 0 Å². The second-order valence-electron chi connectivity index (χ2n) is 9.02. The number of thioether (sulfide) groups is 1. The summed E-state index contributed by atoms with van der Waals surface area (Å²) in [7, 11) is 0. The van der Waals surface area contributed by atoms with Crippen molar-refractivity contribution in [2.24, 2.45) is 23.7 Å². The maximum absolute atomic E-state index is 12.7. The molecule has 2 amide bonds. The van der Waals surface area contributed by atoms with Crippen molar-refractivity contribution in [1.82, 2.24) is 10.6 Å². The second-order valence-corrected chi connectivity index (χ2v) is 10.1. The van der Waals surface area contributed by atoms with Gasteiger partial charge in [-0.05, 0) is 43.2 Å². The number of carboxylic acids is 1. The molecule has 1 heterocycles. The van der Waals surface area contributed by atoms with Crippen LogP contribution in [0.5, 0.6) is 0 Å². The van der Waals surface area contributed by atoms with Crippen molar-refractivity contribution in [3.05, 3.63) is 42.5 Å². The molecule has 2 saturated carbocycles. The number of amides is 2. The monoisotopic (exact) mass is 486 g/mol. The third kappa shape index (κ3) is 5.88. The van der Waals surface area contributed by atoms with Crippen molar-refractivity contribution >= 4 is 35.3 Å². The molecule has 6 atom stereocenters. The zero-order valence-electron chi connectivity index (χ0n) is 18.9. The molecule has 0 radical (unpaired) electrons. The van der Waals surface area contributed by atoms with Gasteiger partial charge in [0.05, 0.1) is 36.3 Å². The largest absolute Gasteiger partial charge is 0.481 e. The fraction of sp³-hybridized carbons (Fsp3) is 0.520. The first-order chi connectivity index (χ1) is 16.5. The van der Waals surface area contributed by atoms with E-state index < -0.39 is 5.97 Å². The Bertz CT molecular complexity index is 952. The molecule has 0 unspecified atom stereocenters. The quantitative estimate of drug-likeness (QED) is 0.169. The molecule has 2 bridgehead atoms. The van der Waals surface area contributed by atoms with Crippen molar-refractivity contribution in [2.75, 3.05) is 18.8 Å². The fourth-order valence-electron chi connectivity index (χ4n) is 5.23. The summed E-state index contributed by atoms with van der Waals surface area (Å²) in [6.07, 6.45) is 6.14. The summed E-state index contributed by atoms with van der Waals surface area (Å²) in [5.41, 5.74) is 0. The van der Waals surface area contributed by atoms with Crippen LogP contribution in [0.4, 0.5) is 0 Å². The molecule has 8 nitrogen and oxygen atoms in total. The number of Topliss-reactive ketones (excluding diaryl/α,β-unsaturated/α-hetero) is 1. The maximum atomic E-state index is 12.7. The van der Waals surface area contributed by atoms with Gasteiger partial charge in [0.25, 0.3) is 0 Å². The number of unbranched alkanes of at least 4 members (excludes halogenated alkanes) is 1. The first-order valence-corrected chi connectivity index (χ1v) is 12.7. The number of benzene rings is 1. The topological polar surface area (TPSA) is 125 Å². The molecule has 3 fully saturated rings. The van der Waals surface area contributed by atoms with Crippen LogP contribution in [0.1, 0.15) is 25.7 Å². The third-order valence-electron chi connectivity index (χ3n) is 6.83. The third-order valence-corrected chi connectivity index (χ3v) is 7.84. The number of allylic oxidation sites excluding steroid dienone is 2. The van der Waals surface area contributed by atoms with Crippen molar-refractivity contribution in [1.29, 1.82) is 0 Å². The van der Waals surface area contributed by atoms with Crippen molar-refractivity contribution < 1.29 is 29.0 Å². The number of carbonyl (C=O) groups excluding carboxylic acids is 3. The molecule has 34 heavy (non-hydrogen) atoms. The molecule has 1 saturated heterocycles. The Kier molecular flexibility index (Phi) is 8.05. The van der Waals surface area contributed by atoms with Gasteiger partial charge in [-0.3, -0.25) is 19.2 Å². The van der Waals surface area contributed by atoms with E-state index in [1.807, 2.05) is 42.5 Å². The molecule has 0 spiro atoms. The normalized spacial score (nSPS) is 28.6. The van der Waals surface area contributed by atoms with Crippen molar-refractivity contribution in [2.45, 2.75) is 42.8 Å². The summed E-state index contributed by atoms with van der Waals surface area (Å²) in [5.74, 6) is -0.967. The van der Waals surface area contributed by atoms with Crippen molar-refractivity contribution in [3.8, 4) is 0 Å². The van der Waals surface area contributed by atoms with Gasteiger partial charge >= 0.3 is 5.97 Å². The molecule has 3 aliphatic rings. The van der Waals surface area contributed by atoms with E-state index in [1.165, 1.54) is 11.8 Å². The van der Waals surface area contributed by atoms with E-state index in [4.69, 9.17) is 9.84 Å². The average Bonchev–Trinajstić information content (AvgIpc) is 3.50. The van der Waals surface area contributed by atoms with Crippen molar-refractivity contribution in [3.63, 3.8) is 0 Å². The van der Waals surface area contributed by atoms with Gasteiger partial charge < -0.3 is 20.5 Å². The van der Waals surface area contributed by atoms with Gasteiger partial charge in [0.15, 0.2) is 0 Å². The van der Waals surface area contributed by atoms with Crippen LogP contribution in [-0.4, -0.2) is 59.7 Å². The Morgan fingerprint density at radius 3 is 2.47 bits per heavy atom. The van der Waals surface area contributed by atoms with Crippen LogP contribution in [0.15, 0.2) is 47.4 Å². The lowest BCUT2D eigenvalue weighted by atomic mass is 9.77. The number of nitrogens with one attached hydrogen (secondary N) is 2. The molecule has 1 aromatic carbocycles. The molecule has 3 N–H and O–H groups in total. The summed E-state index contributed by atoms with van der Waals surface area (Å²) in [6, 6.07) is 9.59. The number of epoxide rings is 1. The van der Waals surface area contributed by atoms with Gasteiger partial charge in [-0.1, -0.05) is 30.4 Å². The van der Waals surface area contributed by atoms with Gasteiger partial charge in [-0.25, -0.2) is 0 Å². The average molecular weight is 487 g/mol. The number of ketones is 1. The summed E-state index contributed by atoms with van der Waals surface area (Å²) in [6.45, 7) is 0.282. The Labute approximate surface area is 202 Å². The van der Waals surface area contributed by atoms with E-state index in [0.29, 0.717) is 25.8 Å². The Morgan fingerprint density at radius 1 is 1.00 bits per heavy atom. The SMILES string of the molecule is O=C(O)CCCC=CC[C@H]1[C@@H](CNC(=O)CNC(=O)CSc2ccccc2)[C@@H]2C(=O)[C@H]1[C@@H]1O[C@@H]12. The number of ether oxygens (including phenoxy) is 1. The van der Waals surface area contributed by atoms with E-state index >= 15 is 0 Å². The molecule has 9 heteroatoms. The lowest BCUT2D eigenvalue weighted by molar-refractivity contribution is -0.137. The van der Waals surface area contributed by atoms with Gasteiger partial charge in [0.2, 0.25) is 11.8 Å². The van der Waals surface area contributed by atoms with Gasteiger partial charge in [0.1, 0.15) is 5.78 Å². The highest BCUT2D eigenvalue weighted by Crippen LogP contribution is 2.60. The first kappa shape index (κ1) is 24.5. The second kappa shape index (κ2) is 11.2. The van der Waals surface area contributed by atoms with E-state index in [9.17, 15) is 19.2 Å². The lowest BCUT2D eigenvalue weighted by Crippen LogP contribution is -2.42. The minimum atomic E-state index is -0.800. The summed E-state index contributed by atoms with van der Waals surface area (Å²) in [5, 5.41) is 14.3. The molecule has 182 valence electrons. The minimum Gasteiger partial charge on any atom is -0.481 e. The zero-order chi connectivity index (χ0) is 24.1. The predicted octanol–water partition coefficient (Wildman–Crippen LogP) is 2.04. The van der Waals surface area contributed by atoms with Crippen LogP contribution >= 0.6 is 11.8 Å². The van der Waals surface area contributed by atoms with Gasteiger partial charge in [0, 0.05) is 17.9 Å². The van der Waals surface area contributed by atoms with Crippen LogP contribution < -0.4 is 10.6 Å². The predicted molar refractivity (Wildman–Crippen MR) is 126 cm³/mol. The smallest absolute Gasteiger partial charge is 0.303 e. The van der Waals surface area contributed by atoms with Crippen LogP contribution in [0.2, 0.25) is 0 Å². The number of rotatable bonds is 13. The summed E-state index contributed by atoms with van der Waals surface area (Å²) in [4.78, 5) is 48.7. The Hall–Kier alpha value is -2.65. The summed E-state index contributed by atoms with van der Waals surface area (Å²) >= 11 is 1.41. The molecule has 0 aromatic heterocycles. The fourth-order valence-corrected chi connectivity index (χ4v) is 5.98. The number of aliphatic carboxylic acids is 1. The molecule has 2 aliphatic carbocycles. The standard InChI is InChI=1S/C25H30N2O6S/c28-18(13-27-19(29)14-34-15-8-4-3-5-9-15)26-12-17-16(10-6-1-2-7-11-20(30)31)21-23(32)22(17)25-24(21)33-25/h1,3-6,8-9,16-17,21-22,24-25H,2,7,10-14H2,(H,26,28)(H,27,29)(H,30,31)/t16-,17+,21-,22+,24-,25+/m0/s1. The van der Waals surface area contributed by atoms with Crippen LogP contribution in [0, 0.1) is 23.7 Å². The highest BCUT2D eigenvalue weighted by molar-refractivity contribution is 8.00. The molecular formula is C25H30N2O6S. The molecule has 1 aromatic rings. The minimum absolute atomic E-state index is 0.00934. The molecule has 1 aliphatic heterocycles. The number of carboxylic acid groups (broad SMARTS) is 1. The number of fused-ring (bicyclic) bond motifs is 5. The van der Waals surface area contributed by atoms with Crippen LogP contribution in [0.25, 0.3) is 0 Å². The highest BCUT2D eigenvalue weighted by atomic mass is 32.2. The highest BCUT2D eigenvalue weighted by Gasteiger charge is 2.71. The van der Waals surface area contributed by atoms with E-state index in [0.717, 1.165) is 4.90 Å². The first-order valence-electron chi connectivity index (χ1n) is 11.7. The Balaban J connectivity index is 1.21. The number of hydrogen-bond donors (Lipinski definition) is 3. The van der Waals surface area contributed by atoms with E-state index in [1.54, 1.807) is 0 Å².